The first-order valence-electron chi connectivity index (χ1n) is 5.48. The number of carbonyl (C=O) groups is 1. The van der Waals surface area contributed by atoms with Gasteiger partial charge in [-0.25, -0.2) is 9.78 Å². The Balaban J connectivity index is 2.24. The van der Waals surface area contributed by atoms with E-state index >= 15 is 0 Å². The SMILES string of the molecule is CCCc1nccn1C(C(=O)O)C1CC1. The second-order valence-electron chi connectivity index (χ2n) is 4.12. The summed E-state index contributed by atoms with van der Waals surface area (Å²) in [5.74, 6) is 0.483. The van der Waals surface area contributed by atoms with Crippen LogP contribution in [0.25, 0.3) is 0 Å². The third-order valence-electron chi connectivity index (χ3n) is 2.84. The van der Waals surface area contributed by atoms with Crippen LogP contribution in [0.3, 0.4) is 0 Å². The minimum atomic E-state index is -0.729. The van der Waals surface area contributed by atoms with Crippen molar-refractivity contribution in [2.45, 2.75) is 38.6 Å². The Bertz CT molecular complexity index is 355. The average Bonchev–Trinajstić information content (AvgIpc) is 2.90. The average molecular weight is 208 g/mol. The van der Waals surface area contributed by atoms with Crippen LogP contribution in [-0.2, 0) is 11.2 Å². The highest BCUT2D eigenvalue weighted by Crippen LogP contribution is 2.40. The molecule has 1 unspecified atom stereocenters. The standard InChI is InChI=1S/C11H16N2O2/c1-2-3-9-12-6-7-13(9)10(11(14)15)8-4-5-8/h6-8,10H,2-5H2,1H3,(H,14,15). The zero-order chi connectivity index (χ0) is 10.8. The van der Waals surface area contributed by atoms with Gasteiger partial charge in [-0.1, -0.05) is 6.92 Å². The van der Waals surface area contributed by atoms with E-state index in [4.69, 9.17) is 0 Å². The summed E-state index contributed by atoms with van der Waals surface area (Å²) in [6.07, 6.45) is 7.39. The van der Waals surface area contributed by atoms with Crippen molar-refractivity contribution in [1.29, 1.82) is 0 Å². The molecule has 0 bridgehead atoms. The van der Waals surface area contributed by atoms with Crippen LogP contribution in [0.2, 0.25) is 0 Å². The first-order chi connectivity index (χ1) is 7.24. The first kappa shape index (κ1) is 10.2. The van der Waals surface area contributed by atoms with Crippen LogP contribution in [0.1, 0.15) is 38.1 Å². The molecule has 1 heterocycles. The molecule has 0 radical (unpaired) electrons. The summed E-state index contributed by atoms with van der Waals surface area (Å²) in [7, 11) is 0. The van der Waals surface area contributed by atoms with Crippen molar-refractivity contribution in [3.63, 3.8) is 0 Å². The van der Waals surface area contributed by atoms with Gasteiger partial charge in [0.25, 0.3) is 0 Å². The summed E-state index contributed by atoms with van der Waals surface area (Å²) < 4.78 is 1.84. The number of rotatable bonds is 5. The Kier molecular flexibility index (Phi) is 2.75. The monoisotopic (exact) mass is 208 g/mol. The summed E-state index contributed by atoms with van der Waals surface area (Å²) >= 11 is 0. The van der Waals surface area contributed by atoms with Gasteiger partial charge in [-0.3, -0.25) is 0 Å². The Morgan fingerprint density at radius 1 is 1.73 bits per heavy atom. The van der Waals surface area contributed by atoms with Crippen LogP contribution < -0.4 is 0 Å². The summed E-state index contributed by atoms with van der Waals surface area (Å²) in [5.41, 5.74) is 0. The maximum Gasteiger partial charge on any atom is 0.327 e. The molecule has 1 atom stereocenters. The molecule has 1 aliphatic rings. The van der Waals surface area contributed by atoms with E-state index in [1.165, 1.54) is 0 Å². The normalized spacial score (nSPS) is 17.7. The lowest BCUT2D eigenvalue weighted by atomic mass is 10.1. The molecule has 0 aromatic carbocycles. The molecule has 4 nitrogen and oxygen atoms in total. The summed E-state index contributed by atoms with van der Waals surface area (Å²) in [6, 6.07) is -0.394. The third kappa shape index (κ3) is 2.03. The van der Waals surface area contributed by atoms with E-state index in [-0.39, 0.29) is 0 Å². The van der Waals surface area contributed by atoms with Crippen LogP contribution in [0.4, 0.5) is 0 Å². The number of aliphatic carboxylic acids is 1. The highest BCUT2D eigenvalue weighted by Gasteiger charge is 2.38. The number of imidazole rings is 1. The van der Waals surface area contributed by atoms with Crippen molar-refractivity contribution in [2.24, 2.45) is 5.92 Å². The molecular weight excluding hydrogens is 192 g/mol. The van der Waals surface area contributed by atoms with Gasteiger partial charge in [0, 0.05) is 18.8 Å². The van der Waals surface area contributed by atoms with Crippen LogP contribution in [0.5, 0.6) is 0 Å². The number of aromatic nitrogens is 2. The quantitative estimate of drug-likeness (QED) is 0.803. The lowest BCUT2D eigenvalue weighted by molar-refractivity contribution is -0.141. The first-order valence-corrected chi connectivity index (χ1v) is 5.48. The molecule has 1 aromatic heterocycles. The van der Waals surface area contributed by atoms with E-state index in [1.54, 1.807) is 12.4 Å². The molecule has 82 valence electrons. The van der Waals surface area contributed by atoms with Crippen molar-refractivity contribution < 1.29 is 9.90 Å². The summed E-state index contributed by atoms with van der Waals surface area (Å²) in [5, 5.41) is 9.20. The van der Waals surface area contributed by atoms with Gasteiger partial charge in [-0.2, -0.15) is 0 Å². The number of aryl methyl sites for hydroxylation is 1. The molecule has 0 saturated heterocycles. The summed E-state index contributed by atoms with van der Waals surface area (Å²) in [6.45, 7) is 2.08. The molecule has 1 aromatic rings. The Morgan fingerprint density at radius 3 is 3.00 bits per heavy atom. The van der Waals surface area contributed by atoms with Gasteiger partial charge in [0.05, 0.1) is 0 Å². The van der Waals surface area contributed by atoms with Gasteiger partial charge >= 0.3 is 5.97 Å². The molecule has 1 aliphatic carbocycles. The minimum absolute atomic E-state index is 0.312. The van der Waals surface area contributed by atoms with Crippen molar-refractivity contribution in [2.75, 3.05) is 0 Å². The largest absolute Gasteiger partial charge is 0.480 e. The molecule has 2 rings (SSSR count). The number of nitrogens with zero attached hydrogens (tertiary/aromatic N) is 2. The van der Waals surface area contributed by atoms with E-state index in [2.05, 4.69) is 11.9 Å². The molecule has 4 heteroatoms. The molecule has 1 fully saturated rings. The second kappa shape index (κ2) is 4.04. The molecule has 15 heavy (non-hydrogen) atoms. The van der Waals surface area contributed by atoms with Gasteiger partial charge < -0.3 is 9.67 Å². The highest BCUT2D eigenvalue weighted by atomic mass is 16.4. The molecule has 1 N–H and O–H groups in total. The number of hydrogen-bond donors (Lipinski definition) is 1. The predicted molar refractivity (Wildman–Crippen MR) is 55.6 cm³/mol. The van der Waals surface area contributed by atoms with E-state index in [1.807, 2.05) is 4.57 Å². The second-order valence-corrected chi connectivity index (χ2v) is 4.12. The van der Waals surface area contributed by atoms with Gasteiger partial charge in [0.2, 0.25) is 0 Å². The molecule has 0 amide bonds. The lowest BCUT2D eigenvalue weighted by Gasteiger charge is -2.15. The molecule has 0 aliphatic heterocycles. The zero-order valence-corrected chi connectivity index (χ0v) is 8.89. The zero-order valence-electron chi connectivity index (χ0n) is 8.89. The van der Waals surface area contributed by atoms with E-state index in [0.29, 0.717) is 5.92 Å². The van der Waals surface area contributed by atoms with Crippen LogP contribution >= 0.6 is 0 Å². The number of hydrogen-bond acceptors (Lipinski definition) is 2. The lowest BCUT2D eigenvalue weighted by Crippen LogP contribution is -2.22. The maximum atomic E-state index is 11.2. The Labute approximate surface area is 88.9 Å². The third-order valence-corrected chi connectivity index (χ3v) is 2.84. The smallest absolute Gasteiger partial charge is 0.327 e. The van der Waals surface area contributed by atoms with Crippen molar-refractivity contribution >= 4 is 5.97 Å². The van der Waals surface area contributed by atoms with Gasteiger partial charge in [-0.15, -0.1) is 0 Å². The Morgan fingerprint density at radius 2 is 2.47 bits per heavy atom. The minimum Gasteiger partial charge on any atom is -0.480 e. The fourth-order valence-corrected chi connectivity index (χ4v) is 1.97. The van der Waals surface area contributed by atoms with Crippen molar-refractivity contribution in [3.05, 3.63) is 18.2 Å². The maximum absolute atomic E-state index is 11.2. The summed E-state index contributed by atoms with van der Waals surface area (Å²) in [4.78, 5) is 15.4. The van der Waals surface area contributed by atoms with Gasteiger partial charge in [0.15, 0.2) is 0 Å². The molecular formula is C11H16N2O2. The Hall–Kier alpha value is -1.32. The number of carboxylic acids is 1. The van der Waals surface area contributed by atoms with E-state index < -0.39 is 12.0 Å². The fraction of sp³-hybridized carbons (Fsp3) is 0.636. The van der Waals surface area contributed by atoms with Crippen LogP contribution in [0, 0.1) is 5.92 Å². The molecule has 1 saturated carbocycles. The van der Waals surface area contributed by atoms with E-state index in [9.17, 15) is 9.90 Å². The molecule has 0 spiro atoms. The predicted octanol–water partition coefficient (Wildman–Crippen LogP) is 1.87. The van der Waals surface area contributed by atoms with Crippen molar-refractivity contribution in [1.82, 2.24) is 9.55 Å². The van der Waals surface area contributed by atoms with Gasteiger partial charge in [0.1, 0.15) is 11.9 Å². The van der Waals surface area contributed by atoms with Crippen LogP contribution in [-0.4, -0.2) is 20.6 Å². The van der Waals surface area contributed by atoms with Crippen molar-refractivity contribution in [3.8, 4) is 0 Å². The van der Waals surface area contributed by atoms with Gasteiger partial charge in [-0.05, 0) is 25.2 Å². The highest BCUT2D eigenvalue weighted by molar-refractivity contribution is 5.72. The number of carboxylic acid groups (broad SMARTS) is 1. The van der Waals surface area contributed by atoms with E-state index in [0.717, 1.165) is 31.5 Å². The topological polar surface area (TPSA) is 55.1 Å². The van der Waals surface area contributed by atoms with Crippen LogP contribution in [0.15, 0.2) is 12.4 Å². The fourth-order valence-electron chi connectivity index (χ4n) is 1.97.